The number of hydrogen-bond acceptors (Lipinski definition) is 4. The van der Waals surface area contributed by atoms with Gasteiger partial charge in [-0.2, -0.15) is 0 Å². The maximum atomic E-state index is 12.9. The number of rotatable bonds is 8. The summed E-state index contributed by atoms with van der Waals surface area (Å²) in [7, 11) is 3.26. The Kier molecular flexibility index (Phi) is 8.16. The van der Waals surface area contributed by atoms with Crippen LogP contribution in [0.1, 0.15) is 38.2 Å². The minimum atomic E-state index is -0.195. The lowest BCUT2D eigenvalue weighted by atomic mass is 9.87. The van der Waals surface area contributed by atoms with Gasteiger partial charge < -0.3 is 25.0 Å². The van der Waals surface area contributed by atoms with Crippen molar-refractivity contribution in [1.29, 1.82) is 0 Å². The Hall–Kier alpha value is -2.02. The molecule has 2 rings (SSSR count). The van der Waals surface area contributed by atoms with E-state index in [4.69, 9.17) is 21.7 Å². The molecular weight excluding hydrogens is 362 g/mol. The lowest BCUT2D eigenvalue weighted by Gasteiger charge is -2.22. The highest BCUT2D eigenvalue weighted by atomic mass is 32.1. The van der Waals surface area contributed by atoms with E-state index in [0.717, 1.165) is 24.9 Å². The minimum absolute atomic E-state index is 0.0201. The Morgan fingerprint density at radius 3 is 2.63 bits per heavy atom. The van der Waals surface area contributed by atoms with Crippen molar-refractivity contribution in [2.45, 2.75) is 32.6 Å². The van der Waals surface area contributed by atoms with Gasteiger partial charge in [-0.3, -0.25) is 4.79 Å². The van der Waals surface area contributed by atoms with Crippen molar-refractivity contribution >= 4 is 23.2 Å². The Bertz CT molecular complexity index is 653. The quantitative estimate of drug-likeness (QED) is 0.523. The molecule has 2 atom stereocenters. The minimum Gasteiger partial charge on any atom is -0.493 e. The maximum absolute atomic E-state index is 12.9. The predicted octanol–water partition coefficient (Wildman–Crippen LogP) is 2.53. The Morgan fingerprint density at radius 1 is 1.22 bits per heavy atom. The summed E-state index contributed by atoms with van der Waals surface area (Å²) < 4.78 is 11.1. The van der Waals surface area contributed by atoms with E-state index >= 15 is 0 Å². The van der Waals surface area contributed by atoms with Crippen LogP contribution in [0.15, 0.2) is 18.2 Å². The van der Waals surface area contributed by atoms with Crippen LogP contribution in [0.25, 0.3) is 0 Å². The lowest BCUT2D eigenvalue weighted by molar-refractivity contribution is -0.124. The summed E-state index contributed by atoms with van der Waals surface area (Å²) in [6.45, 7) is 6.85. The van der Waals surface area contributed by atoms with E-state index in [1.807, 2.05) is 25.1 Å². The van der Waals surface area contributed by atoms with Gasteiger partial charge in [0.1, 0.15) is 0 Å². The molecule has 2 N–H and O–H groups in total. The molecular formula is C20H31N3O3S. The molecule has 27 heavy (non-hydrogen) atoms. The summed E-state index contributed by atoms with van der Waals surface area (Å²) in [5.41, 5.74) is 0.981. The molecule has 150 valence electrons. The first-order valence-corrected chi connectivity index (χ1v) is 9.99. The molecule has 0 radical (unpaired) electrons. The molecule has 0 spiro atoms. The standard InChI is InChI=1S/C20H31N3O3S/c1-5-7-11-22-19(24)16-13-23(20(27)21-6-2)12-15(16)14-9-8-10-17(25-3)18(14)26-4/h8-10,15-16H,5-7,11-13H2,1-4H3,(H,21,27)(H,22,24)/t15-,16-/m1/s1. The molecule has 1 saturated heterocycles. The van der Waals surface area contributed by atoms with Crippen molar-refractivity contribution in [3.63, 3.8) is 0 Å². The molecule has 0 aliphatic carbocycles. The molecule has 0 bridgehead atoms. The van der Waals surface area contributed by atoms with Crippen LogP contribution >= 0.6 is 12.2 Å². The molecule has 0 unspecified atom stereocenters. The van der Waals surface area contributed by atoms with E-state index in [1.54, 1.807) is 14.2 Å². The zero-order chi connectivity index (χ0) is 19.8. The third-order valence-corrected chi connectivity index (χ3v) is 5.34. The normalized spacial score (nSPS) is 18.9. The average Bonchev–Trinajstić information content (AvgIpc) is 3.13. The van der Waals surface area contributed by atoms with E-state index in [2.05, 4.69) is 22.5 Å². The van der Waals surface area contributed by atoms with Crippen LogP contribution in [-0.2, 0) is 4.79 Å². The monoisotopic (exact) mass is 393 g/mol. The SMILES string of the molecule is CCCCNC(=O)[C@@H]1CN(C(=S)NCC)C[C@@H]1c1cccc(OC)c1OC. The van der Waals surface area contributed by atoms with E-state index < -0.39 is 0 Å². The van der Waals surface area contributed by atoms with Gasteiger partial charge in [-0.05, 0) is 31.6 Å². The largest absolute Gasteiger partial charge is 0.493 e. The number of likely N-dealkylation sites (tertiary alicyclic amines) is 1. The highest BCUT2D eigenvalue weighted by Crippen LogP contribution is 2.41. The predicted molar refractivity (Wildman–Crippen MR) is 112 cm³/mol. The van der Waals surface area contributed by atoms with Crippen LogP contribution in [0.3, 0.4) is 0 Å². The van der Waals surface area contributed by atoms with Gasteiger partial charge in [0, 0.05) is 37.7 Å². The van der Waals surface area contributed by atoms with Gasteiger partial charge in [-0.1, -0.05) is 25.5 Å². The molecule has 1 aromatic rings. The summed E-state index contributed by atoms with van der Waals surface area (Å²) in [4.78, 5) is 15.0. The Morgan fingerprint density at radius 2 is 2.00 bits per heavy atom. The molecule has 1 aliphatic rings. The third-order valence-electron chi connectivity index (χ3n) is 4.93. The van der Waals surface area contributed by atoms with Crippen LogP contribution in [0.2, 0.25) is 0 Å². The lowest BCUT2D eigenvalue weighted by Crippen LogP contribution is -2.39. The Balaban J connectivity index is 2.31. The number of unbranched alkanes of at least 4 members (excludes halogenated alkanes) is 1. The van der Waals surface area contributed by atoms with Crippen molar-refractivity contribution in [3.8, 4) is 11.5 Å². The molecule has 1 heterocycles. The van der Waals surface area contributed by atoms with Crippen LogP contribution in [0.5, 0.6) is 11.5 Å². The van der Waals surface area contributed by atoms with E-state index in [0.29, 0.717) is 36.2 Å². The number of methoxy groups -OCH3 is 2. The number of nitrogens with one attached hydrogen (secondary N) is 2. The topological polar surface area (TPSA) is 62.8 Å². The second kappa shape index (κ2) is 10.3. The molecule has 0 saturated carbocycles. The van der Waals surface area contributed by atoms with Crippen LogP contribution in [0, 0.1) is 5.92 Å². The van der Waals surface area contributed by atoms with Gasteiger partial charge in [0.2, 0.25) is 5.91 Å². The average molecular weight is 394 g/mol. The summed E-state index contributed by atoms with van der Waals surface area (Å²) in [6.07, 6.45) is 2.03. The van der Waals surface area contributed by atoms with E-state index in [-0.39, 0.29) is 17.7 Å². The molecule has 7 heteroatoms. The maximum Gasteiger partial charge on any atom is 0.225 e. The smallest absolute Gasteiger partial charge is 0.225 e. The first-order chi connectivity index (χ1) is 13.1. The molecule has 1 aromatic carbocycles. The van der Waals surface area contributed by atoms with Gasteiger partial charge in [0.05, 0.1) is 20.1 Å². The summed E-state index contributed by atoms with van der Waals surface area (Å²) in [6, 6.07) is 5.82. The Labute approximate surface area is 167 Å². The first kappa shape index (κ1) is 21.3. The number of amides is 1. The number of carbonyl (C=O) groups excluding carboxylic acids is 1. The van der Waals surface area contributed by atoms with E-state index in [1.165, 1.54) is 0 Å². The zero-order valence-corrected chi connectivity index (χ0v) is 17.5. The van der Waals surface area contributed by atoms with Gasteiger partial charge in [0.15, 0.2) is 16.6 Å². The van der Waals surface area contributed by atoms with Gasteiger partial charge in [-0.25, -0.2) is 0 Å². The highest BCUT2D eigenvalue weighted by molar-refractivity contribution is 7.80. The highest BCUT2D eigenvalue weighted by Gasteiger charge is 2.41. The second-order valence-electron chi connectivity index (χ2n) is 6.68. The zero-order valence-electron chi connectivity index (χ0n) is 16.7. The number of thiocarbonyl (C=S) groups is 1. The van der Waals surface area contributed by atoms with Gasteiger partial charge in [0.25, 0.3) is 0 Å². The van der Waals surface area contributed by atoms with E-state index in [9.17, 15) is 4.79 Å². The van der Waals surface area contributed by atoms with Crippen molar-refractivity contribution in [3.05, 3.63) is 23.8 Å². The summed E-state index contributed by atoms with van der Waals surface area (Å²) in [5, 5.41) is 6.96. The van der Waals surface area contributed by atoms with Crippen molar-refractivity contribution in [1.82, 2.24) is 15.5 Å². The molecule has 0 aromatic heterocycles. The summed E-state index contributed by atoms with van der Waals surface area (Å²) in [5.74, 6) is 1.22. The number of carbonyl (C=O) groups is 1. The third kappa shape index (κ3) is 5.03. The number of ether oxygens (including phenoxy) is 2. The van der Waals surface area contributed by atoms with Gasteiger partial charge >= 0.3 is 0 Å². The molecule has 6 nitrogen and oxygen atoms in total. The van der Waals surface area contributed by atoms with Crippen molar-refractivity contribution < 1.29 is 14.3 Å². The second-order valence-corrected chi connectivity index (χ2v) is 7.07. The van der Waals surface area contributed by atoms with Crippen molar-refractivity contribution in [2.75, 3.05) is 40.4 Å². The van der Waals surface area contributed by atoms with Crippen LogP contribution in [-0.4, -0.2) is 56.3 Å². The van der Waals surface area contributed by atoms with Crippen LogP contribution in [0.4, 0.5) is 0 Å². The number of para-hydroxylation sites is 1. The first-order valence-electron chi connectivity index (χ1n) is 9.58. The fourth-order valence-electron chi connectivity index (χ4n) is 3.54. The van der Waals surface area contributed by atoms with Crippen molar-refractivity contribution in [2.24, 2.45) is 5.92 Å². The molecule has 1 amide bonds. The molecule has 1 aliphatic heterocycles. The van der Waals surface area contributed by atoms with Gasteiger partial charge in [-0.15, -0.1) is 0 Å². The fraction of sp³-hybridized carbons (Fsp3) is 0.600. The number of nitrogens with zero attached hydrogens (tertiary/aromatic N) is 1. The number of benzene rings is 1. The fourth-order valence-corrected chi connectivity index (χ4v) is 3.83. The summed E-state index contributed by atoms with van der Waals surface area (Å²) >= 11 is 5.50. The van der Waals surface area contributed by atoms with Crippen LogP contribution < -0.4 is 20.1 Å². The molecule has 1 fully saturated rings. The number of hydrogen-bond donors (Lipinski definition) is 2.